The van der Waals surface area contributed by atoms with Gasteiger partial charge in [-0.25, -0.2) is 4.98 Å². The average Bonchev–Trinajstić information content (AvgIpc) is 3.48. The van der Waals surface area contributed by atoms with E-state index in [0.717, 1.165) is 30.7 Å². The Balaban J connectivity index is 0. The van der Waals surface area contributed by atoms with Gasteiger partial charge in [-0.2, -0.15) is 0 Å². The molecule has 1 aliphatic heterocycles. The van der Waals surface area contributed by atoms with E-state index in [1.54, 1.807) is 18.4 Å². The molecule has 0 saturated carbocycles. The maximum absolute atomic E-state index is 10.3. The van der Waals surface area contributed by atoms with Crippen LogP contribution in [0.15, 0.2) is 29.8 Å². The van der Waals surface area contributed by atoms with Crippen molar-refractivity contribution >= 4 is 24.0 Å². The van der Waals surface area contributed by atoms with Crippen LogP contribution >= 0.6 is 11.3 Å². The molecule has 0 radical (unpaired) electrons. The Morgan fingerprint density at radius 1 is 1.19 bits per heavy atom. The minimum absolute atomic E-state index is 0.0301. The zero-order chi connectivity index (χ0) is 28.1. The third-order valence-electron chi connectivity index (χ3n) is 5.62. The fourth-order valence-electron chi connectivity index (χ4n) is 3.29. The topological polar surface area (TPSA) is 94.6 Å². The van der Waals surface area contributed by atoms with Crippen LogP contribution in [0.2, 0.25) is 0 Å². The Morgan fingerprint density at radius 3 is 2.06 bits per heavy atom. The first kappa shape index (κ1) is 36.0. The highest BCUT2D eigenvalue weighted by Gasteiger charge is 2.21. The molecule has 1 aromatic heterocycles. The average molecular weight is 523 g/mol. The number of nitrogens with zero attached hydrogens (tertiary/aromatic N) is 2. The van der Waals surface area contributed by atoms with Gasteiger partial charge in [0.2, 0.25) is 6.41 Å². The third-order valence-corrected chi connectivity index (χ3v) is 6.59. The number of likely N-dealkylation sites (tertiary alicyclic amines) is 1. The van der Waals surface area contributed by atoms with Gasteiger partial charge in [-0.1, -0.05) is 58.9 Å². The summed E-state index contributed by atoms with van der Waals surface area (Å²) in [6.07, 6.45) is 4.45. The highest BCUT2D eigenvalue weighted by Crippen LogP contribution is 2.27. The molecule has 1 amide bonds. The van der Waals surface area contributed by atoms with Crippen LogP contribution in [-0.2, 0) is 16.1 Å². The van der Waals surface area contributed by atoms with Crippen LogP contribution in [0.4, 0.5) is 0 Å². The third kappa shape index (κ3) is 14.4. The fourth-order valence-corrected chi connectivity index (χ4v) is 4.11. The van der Waals surface area contributed by atoms with E-state index >= 15 is 0 Å². The van der Waals surface area contributed by atoms with Gasteiger partial charge < -0.3 is 25.4 Å². The molecule has 0 bridgehead atoms. The molecule has 1 fully saturated rings. The summed E-state index contributed by atoms with van der Waals surface area (Å²) < 4.78 is 0. The Kier molecular flexibility index (Phi) is 21.0. The summed E-state index contributed by atoms with van der Waals surface area (Å²) in [5.41, 5.74) is 5.22. The van der Waals surface area contributed by atoms with Crippen molar-refractivity contribution < 1.29 is 14.7 Å². The number of aliphatic hydroxyl groups is 1. The SMILES string of the molecule is CC.CC1CCCN1C.CNC(C=O)C(C)(C)C.CO.Cc1ncsc1-c1ccc(CNC=O)cc1. The highest BCUT2D eigenvalue weighted by atomic mass is 32.1. The van der Waals surface area contributed by atoms with Crippen molar-refractivity contribution in [3.8, 4) is 10.4 Å². The number of amides is 1. The number of rotatable bonds is 6. The number of nitrogens with one attached hydrogen (secondary N) is 2. The van der Waals surface area contributed by atoms with E-state index < -0.39 is 0 Å². The second kappa shape index (κ2) is 21.0. The highest BCUT2D eigenvalue weighted by molar-refractivity contribution is 7.13. The number of thiazole rings is 1. The Labute approximate surface area is 223 Å². The van der Waals surface area contributed by atoms with E-state index in [1.807, 2.05) is 59.2 Å². The minimum atomic E-state index is -0.0301. The lowest BCUT2D eigenvalue weighted by Gasteiger charge is -2.24. The maximum Gasteiger partial charge on any atom is 0.207 e. The molecule has 0 aliphatic carbocycles. The molecule has 1 aromatic carbocycles. The number of likely N-dealkylation sites (N-methyl/N-ethyl adjacent to an activating group) is 1. The van der Waals surface area contributed by atoms with Gasteiger partial charge in [-0.05, 0) is 63.9 Å². The van der Waals surface area contributed by atoms with Crippen LogP contribution in [-0.4, -0.2) is 67.5 Å². The minimum Gasteiger partial charge on any atom is -0.400 e. The Hall–Kier alpha value is -2.13. The standard InChI is InChI=1S/C12H12N2OS.C7H15NO.C6H13N.C2H6.CH4O/c1-9-12(16-8-14-9)11-4-2-10(3-5-11)6-13-7-15;1-7(2,3)6(5-9)8-4;1-6-4-3-5-7(6)2;2*1-2/h2-5,7-8H,6H2,1H3,(H,13,15);5-6,8H,1-4H3;6H,3-5H2,1-2H3;1-2H3;2H,1H3. The van der Waals surface area contributed by atoms with Crippen molar-refractivity contribution in [3.63, 3.8) is 0 Å². The first-order chi connectivity index (χ1) is 17.1. The zero-order valence-corrected chi connectivity index (χ0v) is 24.9. The number of carbonyl (C=O) groups is 2. The molecule has 8 heteroatoms. The largest absolute Gasteiger partial charge is 0.400 e. The van der Waals surface area contributed by atoms with Crippen molar-refractivity contribution in [2.45, 2.75) is 79.9 Å². The van der Waals surface area contributed by atoms with Gasteiger partial charge in [0, 0.05) is 19.7 Å². The second-order valence-electron chi connectivity index (χ2n) is 9.20. The van der Waals surface area contributed by atoms with E-state index in [4.69, 9.17) is 5.11 Å². The molecule has 0 spiro atoms. The predicted molar refractivity (Wildman–Crippen MR) is 154 cm³/mol. The normalized spacial score (nSPS) is 15.2. The molecule has 3 N–H and O–H groups in total. The number of benzene rings is 1. The molecule has 1 saturated heterocycles. The summed E-state index contributed by atoms with van der Waals surface area (Å²) >= 11 is 1.64. The van der Waals surface area contributed by atoms with E-state index in [1.165, 1.54) is 29.8 Å². The van der Waals surface area contributed by atoms with Gasteiger partial charge in [-0.3, -0.25) is 4.79 Å². The molecule has 2 heterocycles. The molecule has 36 heavy (non-hydrogen) atoms. The van der Waals surface area contributed by atoms with Crippen LogP contribution in [0, 0.1) is 12.3 Å². The first-order valence-electron chi connectivity index (χ1n) is 12.6. The second-order valence-corrected chi connectivity index (χ2v) is 10.1. The summed E-state index contributed by atoms with van der Waals surface area (Å²) in [4.78, 5) is 28.3. The van der Waals surface area contributed by atoms with Gasteiger partial charge in [-0.15, -0.1) is 11.3 Å². The Morgan fingerprint density at radius 2 is 1.78 bits per heavy atom. The maximum atomic E-state index is 10.3. The molecule has 7 nitrogen and oxygen atoms in total. The summed E-state index contributed by atoms with van der Waals surface area (Å²) in [5.74, 6) is 0. The van der Waals surface area contributed by atoms with E-state index in [-0.39, 0.29) is 11.5 Å². The lowest BCUT2D eigenvalue weighted by Crippen LogP contribution is -2.39. The van der Waals surface area contributed by atoms with Crippen LogP contribution in [0.1, 0.15) is 65.6 Å². The van der Waals surface area contributed by atoms with E-state index in [9.17, 15) is 9.59 Å². The molecule has 3 rings (SSSR count). The van der Waals surface area contributed by atoms with Crippen molar-refractivity contribution in [2.75, 3.05) is 27.7 Å². The van der Waals surface area contributed by atoms with Gasteiger partial charge >= 0.3 is 0 Å². The van der Waals surface area contributed by atoms with Gasteiger partial charge in [0.15, 0.2) is 0 Å². The number of hydrogen-bond donors (Lipinski definition) is 3. The van der Waals surface area contributed by atoms with E-state index in [0.29, 0.717) is 13.0 Å². The first-order valence-corrected chi connectivity index (χ1v) is 13.5. The predicted octanol–water partition coefficient (Wildman–Crippen LogP) is 4.92. The molecule has 1 aliphatic rings. The van der Waals surface area contributed by atoms with Crippen LogP contribution in [0.25, 0.3) is 10.4 Å². The van der Waals surface area contributed by atoms with Crippen LogP contribution < -0.4 is 10.6 Å². The molecule has 2 aromatic rings. The van der Waals surface area contributed by atoms with Crippen molar-refractivity contribution in [1.29, 1.82) is 0 Å². The van der Waals surface area contributed by atoms with Gasteiger partial charge in [0.25, 0.3) is 0 Å². The fraction of sp³-hybridized carbons (Fsp3) is 0.607. The number of aromatic nitrogens is 1. The quantitative estimate of drug-likeness (QED) is 0.466. The van der Waals surface area contributed by atoms with Crippen molar-refractivity contribution in [1.82, 2.24) is 20.5 Å². The van der Waals surface area contributed by atoms with Crippen molar-refractivity contribution in [2.24, 2.45) is 5.41 Å². The molecule has 2 atom stereocenters. The van der Waals surface area contributed by atoms with E-state index in [2.05, 4.69) is 46.6 Å². The number of hydrogen-bond acceptors (Lipinski definition) is 7. The molecule has 2 unspecified atom stereocenters. The smallest absolute Gasteiger partial charge is 0.207 e. The lowest BCUT2D eigenvalue weighted by atomic mass is 9.88. The lowest BCUT2D eigenvalue weighted by molar-refractivity contribution is -0.111. The summed E-state index contributed by atoms with van der Waals surface area (Å²) in [5, 5.41) is 12.6. The molecular weight excluding hydrogens is 472 g/mol. The zero-order valence-electron chi connectivity index (χ0n) is 24.1. The van der Waals surface area contributed by atoms with Gasteiger partial charge in [0.1, 0.15) is 6.29 Å². The summed E-state index contributed by atoms with van der Waals surface area (Å²) in [6.45, 7) is 16.3. The summed E-state index contributed by atoms with van der Waals surface area (Å²) in [6, 6.07) is 8.97. The number of aldehydes is 1. The van der Waals surface area contributed by atoms with Crippen LogP contribution in [0.5, 0.6) is 0 Å². The number of aliphatic hydroxyl groups excluding tert-OH is 1. The monoisotopic (exact) mass is 522 g/mol. The van der Waals surface area contributed by atoms with Crippen LogP contribution in [0.3, 0.4) is 0 Å². The van der Waals surface area contributed by atoms with Crippen molar-refractivity contribution in [3.05, 3.63) is 41.0 Å². The van der Waals surface area contributed by atoms with Gasteiger partial charge in [0.05, 0.1) is 22.1 Å². The summed E-state index contributed by atoms with van der Waals surface area (Å²) in [7, 11) is 4.99. The Bertz CT molecular complexity index is 796. The number of aryl methyl sites for hydroxylation is 1. The molecular formula is C28H50N4O3S. The number of carbonyl (C=O) groups excluding carboxylic acids is 2. The molecule has 206 valence electrons.